The molecule has 148 valence electrons. The van der Waals surface area contributed by atoms with Gasteiger partial charge < -0.3 is 4.43 Å². The van der Waals surface area contributed by atoms with Crippen LogP contribution in [0.3, 0.4) is 0 Å². The summed E-state index contributed by atoms with van der Waals surface area (Å²) in [6.07, 6.45) is 0. The van der Waals surface area contributed by atoms with Gasteiger partial charge in [-0.3, -0.25) is 4.84 Å². The van der Waals surface area contributed by atoms with Crippen molar-refractivity contribution in [2.24, 2.45) is 5.92 Å². The normalized spacial score (nSPS) is 26.2. The van der Waals surface area contributed by atoms with Gasteiger partial charge in [0.15, 0.2) is 0 Å². The van der Waals surface area contributed by atoms with Gasteiger partial charge in [0.2, 0.25) is 0 Å². The monoisotopic (exact) mass is 401 g/mol. The lowest BCUT2D eigenvalue weighted by Crippen LogP contribution is -2.70. The molecule has 2 aliphatic rings. The zero-order chi connectivity index (χ0) is 19.7. The molecule has 0 aliphatic carbocycles. The van der Waals surface area contributed by atoms with Gasteiger partial charge in [-0.2, -0.15) is 5.06 Å². The average Bonchev–Trinajstić information content (AvgIpc) is 3.21. The number of benzene rings is 3. The summed E-state index contributed by atoms with van der Waals surface area (Å²) in [4.78, 5) is 6.36. The van der Waals surface area contributed by atoms with Crippen molar-refractivity contribution in [1.82, 2.24) is 5.06 Å². The van der Waals surface area contributed by atoms with Gasteiger partial charge in [-0.25, -0.2) is 0 Å². The van der Waals surface area contributed by atoms with Crippen molar-refractivity contribution in [2.45, 2.75) is 25.1 Å². The van der Waals surface area contributed by atoms with Crippen molar-refractivity contribution >= 4 is 18.7 Å². The fourth-order valence-electron chi connectivity index (χ4n) is 5.12. The molecule has 2 fully saturated rings. The second-order valence-electron chi connectivity index (χ2n) is 8.21. The first-order chi connectivity index (χ1) is 14.3. The molecule has 3 aromatic carbocycles. The van der Waals surface area contributed by atoms with Crippen LogP contribution in [0.15, 0.2) is 91.0 Å². The maximum absolute atomic E-state index is 6.89. The second kappa shape index (κ2) is 7.88. The van der Waals surface area contributed by atoms with Crippen molar-refractivity contribution in [3.63, 3.8) is 0 Å². The molecule has 2 saturated heterocycles. The average molecular weight is 402 g/mol. The minimum absolute atomic E-state index is 0.357. The number of rotatable bonds is 4. The summed E-state index contributed by atoms with van der Waals surface area (Å²) < 4.78 is 6.89. The van der Waals surface area contributed by atoms with Crippen LogP contribution in [0, 0.1) is 5.92 Å². The van der Waals surface area contributed by atoms with E-state index in [1.807, 2.05) is 0 Å². The summed E-state index contributed by atoms with van der Waals surface area (Å²) in [5.74, 6) is 0.430. The van der Waals surface area contributed by atoms with E-state index >= 15 is 0 Å². The van der Waals surface area contributed by atoms with Crippen LogP contribution >= 0.6 is 0 Å². The Balaban J connectivity index is 1.57. The molecule has 0 radical (unpaired) electrons. The molecule has 0 bridgehead atoms. The molecule has 0 saturated carbocycles. The number of nitrogens with zero attached hydrogens (tertiary/aromatic N) is 1. The van der Waals surface area contributed by atoms with Gasteiger partial charge in [-0.1, -0.05) is 97.9 Å². The summed E-state index contributed by atoms with van der Waals surface area (Å²) in [6.45, 7) is 4.61. The molecule has 3 aromatic rings. The molecule has 0 N–H and O–H groups in total. The van der Waals surface area contributed by atoms with Gasteiger partial charge in [-0.05, 0) is 21.9 Å². The second-order valence-corrected chi connectivity index (χ2v) is 11.9. The third kappa shape index (κ3) is 3.26. The van der Waals surface area contributed by atoms with Crippen LogP contribution in [0.4, 0.5) is 0 Å². The van der Waals surface area contributed by atoms with E-state index < -0.39 is 8.32 Å². The van der Waals surface area contributed by atoms with Gasteiger partial charge in [0.05, 0.1) is 6.61 Å². The van der Waals surface area contributed by atoms with Crippen LogP contribution < -0.4 is 10.4 Å². The maximum Gasteiger partial charge on any atom is 0.262 e. The minimum Gasteiger partial charge on any atom is -0.407 e. The highest BCUT2D eigenvalue weighted by Crippen LogP contribution is 2.43. The van der Waals surface area contributed by atoms with Gasteiger partial charge >= 0.3 is 0 Å². The Morgan fingerprint density at radius 1 is 0.793 bits per heavy atom. The Bertz CT molecular complexity index is 895. The third-order valence-electron chi connectivity index (χ3n) is 6.43. The van der Waals surface area contributed by atoms with Crippen LogP contribution in [-0.2, 0) is 15.8 Å². The Morgan fingerprint density at radius 2 is 1.34 bits per heavy atom. The van der Waals surface area contributed by atoms with E-state index in [0.29, 0.717) is 17.5 Å². The quantitative estimate of drug-likeness (QED) is 0.624. The minimum atomic E-state index is -2.43. The molecule has 2 heterocycles. The molecule has 0 spiro atoms. The third-order valence-corrected chi connectivity index (χ3v) is 11.0. The van der Waals surface area contributed by atoms with Gasteiger partial charge in [-0.15, -0.1) is 0 Å². The van der Waals surface area contributed by atoms with E-state index in [0.717, 1.165) is 19.8 Å². The van der Waals surface area contributed by atoms with Gasteiger partial charge in [0.25, 0.3) is 8.32 Å². The number of hydrogen-bond acceptors (Lipinski definition) is 3. The highest BCUT2D eigenvalue weighted by atomic mass is 28.4. The molecule has 2 aliphatic heterocycles. The largest absolute Gasteiger partial charge is 0.407 e. The number of fused-ring (bicyclic) bond motifs is 1. The Hall–Kier alpha value is -2.24. The molecule has 3 nitrogen and oxygen atoms in total. The highest BCUT2D eigenvalue weighted by molar-refractivity contribution is 6.98. The summed E-state index contributed by atoms with van der Waals surface area (Å²) in [5.41, 5.74) is 1.65. The van der Waals surface area contributed by atoms with E-state index in [4.69, 9.17) is 9.26 Å². The van der Waals surface area contributed by atoms with Crippen molar-refractivity contribution in [2.75, 3.05) is 13.2 Å². The molecule has 0 aromatic heterocycles. The van der Waals surface area contributed by atoms with Crippen molar-refractivity contribution in [1.29, 1.82) is 0 Å². The SMILES string of the molecule is C[C@H]1CO[Si](c2ccccc2)(c2ccccc2)[C@@H]2CON(Cc3ccccc3)[C@@H]21. The first-order valence-electron chi connectivity index (χ1n) is 10.5. The zero-order valence-corrected chi connectivity index (χ0v) is 17.8. The number of hydrogen-bond donors (Lipinski definition) is 0. The maximum atomic E-state index is 6.89. The number of hydroxylamine groups is 2. The molecule has 0 unspecified atom stereocenters. The summed E-state index contributed by atoms with van der Waals surface area (Å²) in [5, 5.41) is 4.93. The van der Waals surface area contributed by atoms with E-state index in [9.17, 15) is 0 Å². The van der Waals surface area contributed by atoms with Crippen molar-refractivity contribution in [3.8, 4) is 0 Å². The van der Waals surface area contributed by atoms with Gasteiger partial charge in [0.1, 0.15) is 0 Å². The first-order valence-corrected chi connectivity index (χ1v) is 12.5. The smallest absolute Gasteiger partial charge is 0.262 e. The van der Waals surface area contributed by atoms with Crippen molar-refractivity contribution < 1.29 is 9.26 Å². The molecule has 5 rings (SSSR count). The lowest BCUT2D eigenvalue weighted by molar-refractivity contribution is -0.150. The summed E-state index contributed by atoms with van der Waals surface area (Å²) in [7, 11) is -2.43. The Morgan fingerprint density at radius 3 is 1.93 bits per heavy atom. The van der Waals surface area contributed by atoms with Crippen molar-refractivity contribution in [3.05, 3.63) is 96.6 Å². The van der Waals surface area contributed by atoms with E-state index in [-0.39, 0.29) is 0 Å². The molecule has 4 heteroatoms. The van der Waals surface area contributed by atoms with Gasteiger partial charge in [0, 0.05) is 24.7 Å². The predicted molar refractivity (Wildman–Crippen MR) is 118 cm³/mol. The first kappa shape index (κ1) is 18.8. The fourth-order valence-corrected chi connectivity index (χ4v) is 10.0. The van der Waals surface area contributed by atoms with Crippen LogP contribution in [0.5, 0.6) is 0 Å². The Kier molecular flexibility index (Phi) is 5.10. The van der Waals surface area contributed by atoms with Crippen LogP contribution in [0.1, 0.15) is 12.5 Å². The zero-order valence-electron chi connectivity index (χ0n) is 16.8. The molecular formula is C25H27NO2Si. The topological polar surface area (TPSA) is 21.7 Å². The van der Waals surface area contributed by atoms with E-state index in [1.54, 1.807) is 0 Å². The molecule has 3 atom stereocenters. The van der Waals surface area contributed by atoms with Crippen LogP contribution in [-0.4, -0.2) is 32.6 Å². The molecule has 29 heavy (non-hydrogen) atoms. The summed E-state index contributed by atoms with van der Waals surface area (Å²) in [6, 6.07) is 32.7. The highest BCUT2D eigenvalue weighted by Gasteiger charge is 2.59. The van der Waals surface area contributed by atoms with Crippen LogP contribution in [0.2, 0.25) is 5.54 Å². The molecular weight excluding hydrogens is 374 g/mol. The lowest BCUT2D eigenvalue weighted by atomic mass is 9.99. The Labute approximate surface area is 174 Å². The van der Waals surface area contributed by atoms with E-state index in [2.05, 4.69) is 103 Å². The fraction of sp³-hybridized carbons (Fsp3) is 0.280. The summed E-state index contributed by atoms with van der Waals surface area (Å²) >= 11 is 0. The lowest BCUT2D eigenvalue weighted by Gasteiger charge is -2.46. The van der Waals surface area contributed by atoms with E-state index in [1.165, 1.54) is 15.9 Å². The predicted octanol–water partition coefficient (Wildman–Crippen LogP) is 3.60. The standard InChI is InChI=1S/C25H27NO2Si/c1-20-18-28-29(22-13-7-3-8-14-22,23-15-9-4-10-16-23)24-19-27-26(25(20)24)17-21-11-5-2-6-12-21/h2-16,20,24-25H,17-19H2,1H3/t20-,24+,25+/m0/s1. The molecule has 0 amide bonds. The van der Waals surface area contributed by atoms with Crippen LogP contribution in [0.25, 0.3) is 0 Å².